The van der Waals surface area contributed by atoms with Crippen molar-refractivity contribution in [2.75, 3.05) is 66.0 Å². The van der Waals surface area contributed by atoms with E-state index in [0.717, 1.165) is 42.4 Å². The smallest absolute Gasteiger partial charge is 0.410 e. The number of fused-ring (bicyclic) bond motifs is 2. The molecular formula is C43H60N2O11. The number of ether oxygens (including phenoxy) is 5. The van der Waals surface area contributed by atoms with Crippen molar-refractivity contribution in [2.45, 2.75) is 76.2 Å². The second-order valence-electron chi connectivity index (χ2n) is 14.4. The van der Waals surface area contributed by atoms with E-state index < -0.39 is 23.8 Å². The first-order chi connectivity index (χ1) is 27.4. The Balaban J connectivity index is 1.61. The number of aliphatic hydroxyl groups excluding tert-OH is 3. The highest BCUT2D eigenvalue weighted by Crippen LogP contribution is 2.61. The van der Waals surface area contributed by atoms with Crippen molar-refractivity contribution >= 4 is 11.8 Å². The molecule has 13 heteroatoms. The Kier molecular flexibility index (Phi) is 17.0. The highest BCUT2D eigenvalue weighted by atomic mass is 16.7. The molecule has 1 heterocycles. The lowest BCUT2D eigenvalue weighted by molar-refractivity contribution is -0.256. The topological polar surface area (TPSA) is 169 Å². The van der Waals surface area contributed by atoms with Gasteiger partial charge in [0.25, 0.3) is 0 Å². The molecule has 4 N–H and O–H groups in total. The van der Waals surface area contributed by atoms with Gasteiger partial charge >= 0.3 is 6.09 Å². The molecule has 13 nitrogen and oxygen atoms in total. The van der Waals surface area contributed by atoms with Crippen molar-refractivity contribution in [3.63, 3.8) is 0 Å². The molecule has 0 aromatic heterocycles. The van der Waals surface area contributed by atoms with Crippen LogP contribution in [0, 0.1) is 17.8 Å². The molecule has 1 amide bonds. The molecule has 3 aliphatic rings. The summed E-state index contributed by atoms with van der Waals surface area (Å²) in [5, 5.41) is 44.6. The van der Waals surface area contributed by atoms with Gasteiger partial charge in [0.1, 0.15) is 30.8 Å². The highest BCUT2D eigenvalue weighted by Gasteiger charge is 2.65. The largest absolute Gasteiger partial charge is 0.508 e. The molecule has 2 aromatic rings. The van der Waals surface area contributed by atoms with Crippen LogP contribution in [-0.4, -0.2) is 115 Å². The van der Waals surface area contributed by atoms with Crippen LogP contribution < -0.4 is 4.74 Å². The van der Waals surface area contributed by atoms with Crippen LogP contribution in [0.25, 0.3) is 0 Å². The zero-order valence-electron chi connectivity index (χ0n) is 32.6. The van der Waals surface area contributed by atoms with Gasteiger partial charge in [-0.25, -0.2) is 4.79 Å². The molecule has 2 aliphatic carbocycles. The van der Waals surface area contributed by atoms with E-state index in [9.17, 15) is 25.2 Å². The van der Waals surface area contributed by atoms with E-state index in [4.69, 9.17) is 28.5 Å². The van der Waals surface area contributed by atoms with Crippen LogP contribution in [0.4, 0.5) is 4.79 Å². The minimum atomic E-state index is -1.48. The maximum Gasteiger partial charge on any atom is 0.410 e. The van der Waals surface area contributed by atoms with Gasteiger partial charge in [0, 0.05) is 37.7 Å². The molecule has 0 radical (unpaired) electrons. The van der Waals surface area contributed by atoms with E-state index >= 15 is 0 Å². The Morgan fingerprint density at radius 1 is 0.982 bits per heavy atom. The number of phenols is 1. The molecule has 56 heavy (non-hydrogen) atoms. The molecule has 2 aromatic carbocycles. The second kappa shape index (κ2) is 22.1. The number of phenolic OH excluding ortho intramolecular Hbond substituents is 1. The fraction of sp³-hybridized carbons (Fsp3) is 0.581. The highest BCUT2D eigenvalue weighted by molar-refractivity contribution is 6.02. The number of hydrogen-bond acceptors (Lipinski definition) is 12. The van der Waals surface area contributed by atoms with E-state index in [1.807, 2.05) is 37.3 Å². The van der Waals surface area contributed by atoms with Crippen LogP contribution in [0.3, 0.4) is 0 Å². The molecule has 5 rings (SSSR count). The lowest BCUT2D eigenvalue weighted by Gasteiger charge is -2.59. The third-order valence-corrected chi connectivity index (χ3v) is 10.8. The lowest BCUT2D eigenvalue weighted by Crippen LogP contribution is -2.70. The van der Waals surface area contributed by atoms with E-state index in [1.54, 1.807) is 29.2 Å². The van der Waals surface area contributed by atoms with E-state index in [0.29, 0.717) is 37.5 Å². The monoisotopic (exact) mass is 780 g/mol. The van der Waals surface area contributed by atoms with Crippen molar-refractivity contribution in [1.82, 2.24) is 4.90 Å². The number of carbonyl (C=O) groups excluding carboxylic acids is 1. The average molecular weight is 781 g/mol. The number of rotatable bonds is 24. The maximum absolute atomic E-state index is 14.4. The van der Waals surface area contributed by atoms with Gasteiger partial charge in [-0.15, -0.1) is 6.58 Å². The number of allylic oxidation sites excluding steroid dienone is 1. The third kappa shape index (κ3) is 10.5. The molecule has 0 bridgehead atoms. The summed E-state index contributed by atoms with van der Waals surface area (Å²) in [7, 11) is 0. The van der Waals surface area contributed by atoms with Crippen molar-refractivity contribution in [3.05, 3.63) is 84.0 Å². The molecular weight excluding hydrogens is 720 g/mol. The van der Waals surface area contributed by atoms with Gasteiger partial charge in [0.2, 0.25) is 5.79 Å². The van der Waals surface area contributed by atoms with Gasteiger partial charge in [0.15, 0.2) is 0 Å². The van der Waals surface area contributed by atoms with Gasteiger partial charge in [-0.2, -0.15) is 0 Å². The minimum absolute atomic E-state index is 0.00455. The SMILES string of the molecule is C=CCO[C@@]12Oc3ccc(O)cc3[C@H]3[C@H](CCCCO)[C@@H](CCCCO)C=C(C(=NOCC)C[C@@H]1N(CCOCCO)C(=O)OCCOCc1ccccc1)[C@H]32. The summed E-state index contributed by atoms with van der Waals surface area (Å²) in [4.78, 5) is 21.7. The number of hydrogen-bond donors (Lipinski definition) is 4. The van der Waals surface area contributed by atoms with Crippen LogP contribution in [0.5, 0.6) is 11.5 Å². The Morgan fingerprint density at radius 2 is 1.77 bits per heavy atom. The number of aromatic hydroxyl groups is 1. The minimum Gasteiger partial charge on any atom is -0.508 e. The van der Waals surface area contributed by atoms with Crippen LogP contribution in [-0.2, 0) is 30.4 Å². The first kappa shape index (κ1) is 43.1. The normalized spacial score (nSPS) is 24.4. The zero-order chi connectivity index (χ0) is 39.8. The van der Waals surface area contributed by atoms with Gasteiger partial charge in [-0.05, 0) is 73.8 Å². The average Bonchev–Trinajstić information content (AvgIpc) is 3.21. The molecule has 1 aliphatic heterocycles. The number of aliphatic hydroxyl groups is 3. The summed E-state index contributed by atoms with van der Waals surface area (Å²) >= 11 is 0. The summed E-state index contributed by atoms with van der Waals surface area (Å²) in [6, 6.07) is 14.0. The fourth-order valence-electron chi connectivity index (χ4n) is 8.54. The Labute approximate surface area is 330 Å². The van der Waals surface area contributed by atoms with Crippen LogP contribution in [0.2, 0.25) is 0 Å². The quantitative estimate of drug-likeness (QED) is 0.0585. The van der Waals surface area contributed by atoms with Gasteiger partial charge in [-0.1, -0.05) is 60.5 Å². The van der Waals surface area contributed by atoms with Crippen molar-refractivity contribution < 1.29 is 53.7 Å². The number of benzene rings is 2. The molecule has 0 spiro atoms. The molecule has 308 valence electrons. The standard InChI is InChI=1S/C43H60N2O11/c1-3-22-54-43-39(45(18-23-51-24-21-48)42(50)53-26-25-52-30-31-12-6-5-7-13-31)29-37(44-55-4-2)35-27-32(14-8-10-19-46)34(15-9-11-20-47)40(41(35)43)36-28-33(49)16-17-38(36)56-43/h3,5-7,12-13,16-17,27-28,32,34,39-41,46-49H,1,4,8-11,14-15,18-26,29-30H2,2H3/t32-,34+,39-,40+,41+,43+/m0/s1. The summed E-state index contributed by atoms with van der Waals surface area (Å²) in [6.45, 7) is 7.06. The summed E-state index contributed by atoms with van der Waals surface area (Å²) in [5.41, 5.74) is 3.37. The summed E-state index contributed by atoms with van der Waals surface area (Å²) < 4.78 is 31.4. The summed E-state index contributed by atoms with van der Waals surface area (Å²) in [5.74, 6) is -1.55. The van der Waals surface area contributed by atoms with Crippen LogP contribution >= 0.6 is 0 Å². The third-order valence-electron chi connectivity index (χ3n) is 10.8. The molecule has 1 saturated carbocycles. The maximum atomic E-state index is 14.4. The van der Waals surface area contributed by atoms with Crippen molar-refractivity contribution in [3.8, 4) is 11.5 Å². The number of nitrogens with zero attached hydrogens (tertiary/aromatic N) is 2. The zero-order valence-corrected chi connectivity index (χ0v) is 32.6. The fourth-order valence-corrected chi connectivity index (χ4v) is 8.54. The number of oxime groups is 1. The van der Waals surface area contributed by atoms with Crippen molar-refractivity contribution in [1.29, 1.82) is 0 Å². The Morgan fingerprint density at radius 3 is 2.50 bits per heavy atom. The predicted octanol–water partition coefficient (Wildman–Crippen LogP) is 5.71. The van der Waals surface area contributed by atoms with Gasteiger partial charge < -0.3 is 48.9 Å². The lowest BCUT2D eigenvalue weighted by atomic mass is 9.55. The first-order valence-electron chi connectivity index (χ1n) is 20.0. The van der Waals surface area contributed by atoms with Gasteiger partial charge in [0.05, 0.1) is 51.3 Å². The van der Waals surface area contributed by atoms with Crippen LogP contribution in [0.1, 0.15) is 68.9 Å². The first-order valence-corrected chi connectivity index (χ1v) is 20.0. The predicted molar refractivity (Wildman–Crippen MR) is 210 cm³/mol. The number of unbranched alkanes of at least 4 members (excludes halogenated alkanes) is 2. The second-order valence-corrected chi connectivity index (χ2v) is 14.4. The van der Waals surface area contributed by atoms with Crippen molar-refractivity contribution in [2.24, 2.45) is 22.9 Å². The van der Waals surface area contributed by atoms with E-state index in [-0.39, 0.29) is 89.3 Å². The van der Waals surface area contributed by atoms with Crippen LogP contribution in [0.15, 0.2) is 78.0 Å². The molecule has 0 unspecified atom stereocenters. The Bertz CT molecular complexity index is 1590. The van der Waals surface area contributed by atoms with E-state index in [1.165, 1.54) is 0 Å². The van der Waals surface area contributed by atoms with E-state index in [2.05, 4.69) is 17.8 Å². The summed E-state index contributed by atoms with van der Waals surface area (Å²) in [6.07, 6.45) is 7.95. The molecule has 1 fully saturated rings. The van der Waals surface area contributed by atoms with Gasteiger partial charge in [-0.3, -0.25) is 4.90 Å². The number of amides is 1. The number of carbonyl (C=O) groups is 1. The molecule has 6 atom stereocenters. The Hall–Kier alpha value is -3.98. The molecule has 0 saturated heterocycles.